The molecule has 0 spiro atoms. The normalized spacial score (nSPS) is 20.4. The second-order valence-corrected chi connectivity index (χ2v) is 4.18. The molecular formula is C10H16Cl2N4. The zero-order chi connectivity index (χ0) is 10.7. The van der Waals surface area contributed by atoms with Gasteiger partial charge in [0.15, 0.2) is 11.0 Å². The van der Waals surface area contributed by atoms with Gasteiger partial charge in [0.2, 0.25) is 0 Å². The molecule has 16 heavy (non-hydrogen) atoms. The van der Waals surface area contributed by atoms with Gasteiger partial charge in [0, 0.05) is 19.1 Å². The smallest absolute Gasteiger partial charge is 0.151 e. The van der Waals surface area contributed by atoms with Crippen molar-refractivity contribution in [3.8, 4) is 0 Å². The lowest BCUT2D eigenvalue weighted by atomic mass is 10.0. The van der Waals surface area contributed by atoms with Crippen LogP contribution in [0.3, 0.4) is 0 Å². The van der Waals surface area contributed by atoms with Crippen LogP contribution in [0.5, 0.6) is 0 Å². The molecule has 1 aliphatic rings. The number of nitrogens with two attached hydrogens (primary N) is 1. The molecule has 2 N–H and O–H groups in total. The summed E-state index contributed by atoms with van der Waals surface area (Å²) in [5.74, 6) is 0.884. The van der Waals surface area contributed by atoms with E-state index in [0.717, 1.165) is 18.8 Å². The van der Waals surface area contributed by atoms with Crippen molar-refractivity contribution < 1.29 is 0 Å². The van der Waals surface area contributed by atoms with Gasteiger partial charge in [-0.25, -0.2) is 0 Å². The molecule has 0 amide bonds. The Kier molecular flexibility index (Phi) is 5.25. The van der Waals surface area contributed by atoms with Crippen molar-refractivity contribution in [2.75, 3.05) is 18.0 Å². The van der Waals surface area contributed by atoms with Crippen LogP contribution in [0.15, 0.2) is 12.1 Å². The predicted molar refractivity (Wildman–Crippen MR) is 68.3 cm³/mol. The zero-order valence-corrected chi connectivity index (χ0v) is 10.5. The highest BCUT2D eigenvalue weighted by Gasteiger charge is 2.22. The first kappa shape index (κ1) is 13.5. The Morgan fingerprint density at radius 3 is 2.81 bits per heavy atom. The van der Waals surface area contributed by atoms with Crippen molar-refractivity contribution in [2.45, 2.75) is 25.3 Å². The van der Waals surface area contributed by atoms with Crippen LogP contribution in [0.25, 0.3) is 0 Å². The minimum absolute atomic E-state index is 0. The Morgan fingerprint density at radius 2 is 2.19 bits per heavy atom. The van der Waals surface area contributed by atoms with E-state index < -0.39 is 0 Å². The van der Waals surface area contributed by atoms with Crippen molar-refractivity contribution >= 4 is 29.8 Å². The predicted octanol–water partition coefficient (Wildman–Crippen LogP) is 1.87. The fraction of sp³-hybridized carbons (Fsp3) is 0.600. The molecule has 4 nitrogen and oxygen atoms in total. The SMILES string of the molecule is Cl.NCC1CCCCN1c1ccc(Cl)nn1. The van der Waals surface area contributed by atoms with E-state index in [1.165, 1.54) is 12.8 Å². The summed E-state index contributed by atoms with van der Waals surface area (Å²) in [6, 6.07) is 4.07. The molecule has 1 aliphatic heterocycles. The Balaban J connectivity index is 0.00000128. The van der Waals surface area contributed by atoms with E-state index >= 15 is 0 Å². The maximum Gasteiger partial charge on any atom is 0.151 e. The summed E-state index contributed by atoms with van der Waals surface area (Å²) in [7, 11) is 0. The lowest BCUT2D eigenvalue weighted by Gasteiger charge is -2.35. The van der Waals surface area contributed by atoms with Crippen LogP contribution in [0.1, 0.15) is 19.3 Å². The highest BCUT2D eigenvalue weighted by molar-refractivity contribution is 6.29. The fourth-order valence-electron chi connectivity index (χ4n) is 2.01. The van der Waals surface area contributed by atoms with Gasteiger partial charge in [-0.05, 0) is 31.4 Å². The van der Waals surface area contributed by atoms with Gasteiger partial charge in [0.25, 0.3) is 0 Å². The minimum atomic E-state index is 0. The summed E-state index contributed by atoms with van der Waals surface area (Å²) in [5.41, 5.74) is 5.74. The second kappa shape index (κ2) is 6.23. The molecular weight excluding hydrogens is 247 g/mol. The van der Waals surface area contributed by atoms with Gasteiger partial charge in [0.05, 0.1) is 0 Å². The number of hydrogen-bond donors (Lipinski definition) is 1. The molecule has 0 saturated carbocycles. The van der Waals surface area contributed by atoms with Gasteiger partial charge >= 0.3 is 0 Å². The molecule has 0 radical (unpaired) electrons. The van der Waals surface area contributed by atoms with E-state index in [2.05, 4.69) is 15.1 Å². The molecule has 1 saturated heterocycles. The van der Waals surface area contributed by atoms with E-state index in [-0.39, 0.29) is 12.4 Å². The van der Waals surface area contributed by atoms with Gasteiger partial charge in [0.1, 0.15) is 0 Å². The molecule has 6 heteroatoms. The molecule has 1 aromatic rings. The molecule has 0 aliphatic carbocycles. The summed E-state index contributed by atoms with van der Waals surface area (Å²) >= 11 is 5.70. The molecule has 0 aromatic carbocycles. The lowest BCUT2D eigenvalue weighted by Crippen LogP contribution is -2.44. The van der Waals surface area contributed by atoms with E-state index in [4.69, 9.17) is 17.3 Å². The van der Waals surface area contributed by atoms with Gasteiger partial charge in [-0.3, -0.25) is 0 Å². The number of rotatable bonds is 2. The first-order chi connectivity index (χ1) is 7.31. The van der Waals surface area contributed by atoms with Crippen molar-refractivity contribution in [3.63, 3.8) is 0 Å². The van der Waals surface area contributed by atoms with E-state index in [1.807, 2.05) is 6.07 Å². The zero-order valence-electron chi connectivity index (χ0n) is 8.97. The van der Waals surface area contributed by atoms with Crippen LogP contribution in [0.2, 0.25) is 5.15 Å². The first-order valence-electron chi connectivity index (χ1n) is 5.27. The summed E-state index contributed by atoms with van der Waals surface area (Å²) in [5, 5.41) is 8.38. The Morgan fingerprint density at radius 1 is 1.38 bits per heavy atom. The second-order valence-electron chi connectivity index (χ2n) is 3.79. The van der Waals surface area contributed by atoms with Gasteiger partial charge in [-0.15, -0.1) is 22.6 Å². The molecule has 1 aromatic heterocycles. The van der Waals surface area contributed by atoms with Crippen molar-refractivity contribution in [2.24, 2.45) is 5.73 Å². The molecule has 0 bridgehead atoms. The molecule has 1 unspecified atom stereocenters. The number of nitrogens with zero attached hydrogens (tertiary/aromatic N) is 3. The Bertz CT molecular complexity index is 317. The van der Waals surface area contributed by atoms with Crippen molar-refractivity contribution in [1.29, 1.82) is 0 Å². The van der Waals surface area contributed by atoms with Gasteiger partial charge in [-0.2, -0.15) is 0 Å². The number of piperidine rings is 1. The third-order valence-corrected chi connectivity index (χ3v) is 3.01. The number of halogens is 2. The number of aromatic nitrogens is 2. The third kappa shape index (κ3) is 2.97. The largest absolute Gasteiger partial charge is 0.351 e. The van der Waals surface area contributed by atoms with Crippen molar-refractivity contribution in [3.05, 3.63) is 17.3 Å². The first-order valence-corrected chi connectivity index (χ1v) is 5.65. The highest BCUT2D eigenvalue weighted by Crippen LogP contribution is 2.22. The maximum atomic E-state index is 5.74. The Labute approximate surface area is 107 Å². The average molecular weight is 263 g/mol. The highest BCUT2D eigenvalue weighted by atomic mass is 35.5. The van der Waals surface area contributed by atoms with Gasteiger partial charge < -0.3 is 10.6 Å². The van der Waals surface area contributed by atoms with Crippen LogP contribution < -0.4 is 10.6 Å². The van der Waals surface area contributed by atoms with E-state index in [0.29, 0.717) is 17.7 Å². The molecule has 2 rings (SSSR count). The van der Waals surface area contributed by atoms with Crippen molar-refractivity contribution in [1.82, 2.24) is 10.2 Å². The van der Waals surface area contributed by atoms with E-state index in [9.17, 15) is 0 Å². The summed E-state index contributed by atoms with van der Waals surface area (Å²) in [6.07, 6.45) is 3.58. The Hall–Kier alpha value is -0.580. The van der Waals surface area contributed by atoms with Crippen LogP contribution in [-0.4, -0.2) is 29.3 Å². The van der Waals surface area contributed by atoms with Gasteiger partial charge in [-0.1, -0.05) is 11.6 Å². The quantitative estimate of drug-likeness (QED) is 0.885. The maximum absolute atomic E-state index is 5.74. The third-order valence-electron chi connectivity index (χ3n) is 2.81. The van der Waals surface area contributed by atoms with Crippen LogP contribution in [-0.2, 0) is 0 Å². The summed E-state index contributed by atoms with van der Waals surface area (Å²) < 4.78 is 0. The average Bonchev–Trinajstić information content (AvgIpc) is 2.30. The molecule has 1 fully saturated rings. The summed E-state index contributed by atoms with van der Waals surface area (Å²) in [6.45, 7) is 1.68. The van der Waals surface area contributed by atoms with Crippen LogP contribution in [0, 0.1) is 0 Å². The summed E-state index contributed by atoms with van der Waals surface area (Å²) in [4.78, 5) is 2.23. The lowest BCUT2D eigenvalue weighted by molar-refractivity contribution is 0.461. The monoisotopic (exact) mass is 262 g/mol. The topological polar surface area (TPSA) is 55.0 Å². The number of hydrogen-bond acceptors (Lipinski definition) is 4. The number of anilines is 1. The standard InChI is InChI=1S/C10H15ClN4.ClH/c11-9-4-5-10(14-13-9)15-6-2-1-3-8(15)7-12;/h4-5,8H,1-3,6-7,12H2;1H. The molecule has 1 atom stereocenters. The van der Waals surface area contributed by atoms with Crippen LogP contribution >= 0.6 is 24.0 Å². The molecule has 90 valence electrons. The van der Waals surface area contributed by atoms with Crippen LogP contribution in [0.4, 0.5) is 5.82 Å². The molecule has 2 heterocycles. The minimum Gasteiger partial charge on any atom is -0.351 e. The van der Waals surface area contributed by atoms with E-state index in [1.54, 1.807) is 6.07 Å². The fourth-order valence-corrected chi connectivity index (χ4v) is 2.11.